The van der Waals surface area contributed by atoms with Crippen LogP contribution in [0.4, 0.5) is 0 Å². The molecule has 1 aromatic rings. The van der Waals surface area contributed by atoms with Gasteiger partial charge in [0.15, 0.2) is 0 Å². The van der Waals surface area contributed by atoms with Crippen molar-refractivity contribution in [1.29, 1.82) is 0 Å². The normalized spacial score (nSPS) is 15.0. The van der Waals surface area contributed by atoms with Gasteiger partial charge in [0.05, 0.1) is 0 Å². The van der Waals surface area contributed by atoms with Gasteiger partial charge in [0.2, 0.25) is 0 Å². The molecule has 2 nitrogen and oxygen atoms in total. The third kappa shape index (κ3) is 0.985. The molecule has 0 amide bonds. The van der Waals surface area contributed by atoms with E-state index in [0.29, 0.717) is 5.75 Å². The highest BCUT2D eigenvalue weighted by Gasteiger charge is 2.15. The molecule has 0 bridgehead atoms. The molecule has 0 fully saturated rings. The number of aromatic nitrogens is 1. The van der Waals surface area contributed by atoms with E-state index in [1.807, 2.05) is 6.92 Å². The topological polar surface area (TPSA) is 33.1 Å². The highest BCUT2D eigenvalue weighted by atomic mass is 16.3. The minimum Gasteiger partial charge on any atom is -0.508 e. The van der Waals surface area contributed by atoms with Crippen molar-refractivity contribution in [3.05, 3.63) is 23.0 Å². The number of aromatic hydroxyl groups is 1. The highest BCUT2D eigenvalue weighted by molar-refractivity contribution is 5.39. The van der Waals surface area contributed by atoms with E-state index in [1.165, 1.54) is 0 Å². The number of rotatable bonds is 0. The van der Waals surface area contributed by atoms with Crippen molar-refractivity contribution in [2.24, 2.45) is 0 Å². The predicted molar refractivity (Wildman–Crippen MR) is 42.7 cm³/mol. The second kappa shape index (κ2) is 2.22. The second-order valence-corrected chi connectivity index (χ2v) is 3.06. The highest BCUT2D eigenvalue weighted by Crippen LogP contribution is 2.28. The summed E-state index contributed by atoms with van der Waals surface area (Å²) < 4.78 is 0. The maximum absolute atomic E-state index is 9.47. The van der Waals surface area contributed by atoms with E-state index in [0.717, 1.165) is 36.2 Å². The Bertz CT molecular complexity index is 294. The Hall–Kier alpha value is -1.05. The number of hydrogen-bond donors (Lipinski definition) is 1. The number of fused-ring (bicyclic) bond motifs is 1. The average Bonchev–Trinajstić information content (AvgIpc) is 2.34. The van der Waals surface area contributed by atoms with Crippen molar-refractivity contribution in [2.75, 3.05) is 0 Å². The van der Waals surface area contributed by atoms with Gasteiger partial charge in [-0.2, -0.15) is 0 Å². The Morgan fingerprint density at radius 2 is 2.27 bits per heavy atom. The molecule has 2 heteroatoms. The number of nitrogens with zero attached hydrogens (tertiary/aromatic N) is 1. The van der Waals surface area contributed by atoms with E-state index in [-0.39, 0.29) is 0 Å². The molecule has 0 aromatic carbocycles. The fourth-order valence-corrected chi connectivity index (χ4v) is 1.66. The van der Waals surface area contributed by atoms with Crippen LogP contribution in [0, 0.1) is 6.92 Å². The molecule has 0 saturated heterocycles. The standard InChI is InChI=1S/C9H11NO/c1-6-5-9(11)7-3-2-4-8(7)10-6/h5H,2-4H2,1H3,(H,10,11). The van der Waals surface area contributed by atoms with Crippen LogP contribution in [0.25, 0.3) is 0 Å². The first kappa shape index (κ1) is 6.65. The third-order valence-electron chi connectivity index (χ3n) is 2.15. The van der Waals surface area contributed by atoms with E-state index in [2.05, 4.69) is 4.98 Å². The summed E-state index contributed by atoms with van der Waals surface area (Å²) in [5, 5.41) is 9.47. The van der Waals surface area contributed by atoms with Crippen molar-refractivity contribution in [3.8, 4) is 5.75 Å². The van der Waals surface area contributed by atoms with Gasteiger partial charge in [0, 0.05) is 23.0 Å². The van der Waals surface area contributed by atoms with Gasteiger partial charge < -0.3 is 5.11 Å². The van der Waals surface area contributed by atoms with Crippen LogP contribution < -0.4 is 0 Å². The summed E-state index contributed by atoms with van der Waals surface area (Å²) in [5.41, 5.74) is 3.08. The smallest absolute Gasteiger partial charge is 0.122 e. The van der Waals surface area contributed by atoms with Gasteiger partial charge in [-0.1, -0.05) is 0 Å². The van der Waals surface area contributed by atoms with Gasteiger partial charge in [0.1, 0.15) is 5.75 Å². The molecule has 2 rings (SSSR count). The van der Waals surface area contributed by atoms with Crippen LogP contribution in [0.15, 0.2) is 6.07 Å². The molecular formula is C9H11NO. The minimum absolute atomic E-state index is 0.435. The number of aryl methyl sites for hydroxylation is 2. The van der Waals surface area contributed by atoms with Crippen LogP contribution >= 0.6 is 0 Å². The van der Waals surface area contributed by atoms with Crippen molar-refractivity contribution >= 4 is 0 Å². The van der Waals surface area contributed by atoms with Crippen molar-refractivity contribution in [3.63, 3.8) is 0 Å². The zero-order valence-corrected chi connectivity index (χ0v) is 6.59. The Morgan fingerprint density at radius 3 is 3.09 bits per heavy atom. The SMILES string of the molecule is Cc1cc(O)c2c(n1)CCC2. The molecule has 1 aliphatic carbocycles. The van der Waals surface area contributed by atoms with Crippen LogP contribution in [0.2, 0.25) is 0 Å². The fourth-order valence-electron chi connectivity index (χ4n) is 1.66. The molecule has 0 unspecified atom stereocenters. The number of hydrogen-bond acceptors (Lipinski definition) is 2. The lowest BCUT2D eigenvalue weighted by Crippen LogP contribution is -1.90. The zero-order chi connectivity index (χ0) is 7.84. The summed E-state index contributed by atoms with van der Waals surface area (Å²) in [7, 11) is 0. The summed E-state index contributed by atoms with van der Waals surface area (Å²) in [6.45, 7) is 1.92. The Labute approximate surface area is 65.9 Å². The largest absolute Gasteiger partial charge is 0.508 e. The van der Waals surface area contributed by atoms with Crippen LogP contribution in [0.5, 0.6) is 5.75 Å². The van der Waals surface area contributed by atoms with Crippen molar-refractivity contribution in [2.45, 2.75) is 26.2 Å². The van der Waals surface area contributed by atoms with Crippen LogP contribution in [0.1, 0.15) is 23.4 Å². The monoisotopic (exact) mass is 149 g/mol. The first-order valence-corrected chi connectivity index (χ1v) is 3.96. The Balaban J connectivity index is 2.60. The van der Waals surface area contributed by atoms with Crippen molar-refractivity contribution < 1.29 is 5.11 Å². The second-order valence-electron chi connectivity index (χ2n) is 3.06. The molecule has 0 radical (unpaired) electrons. The molecular weight excluding hydrogens is 138 g/mol. The van der Waals surface area contributed by atoms with Crippen molar-refractivity contribution in [1.82, 2.24) is 4.98 Å². The summed E-state index contributed by atoms with van der Waals surface area (Å²) in [6, 6.07) is 1.74. The molecule has 1 N–H and O–H groups in total. The summed E-state index contributed by atoms with van der Waals surface area (Å²) in [4.78, 5) is 4.35. The van der Waals surface area contributed by atoms with Gasteiger partial charge in [-0.05, 0) is 26.2 Å². The average molecular weight is 149 g/mol. The molecule has 11 heavy (non-hydrogen) atoms. The molecule has 0 atom stereocenters. The van der Waals surface area contributed by atoms with Gasteiger partial charge in [-0.25, -0.2) is 0 Å². The summed E-state index contributed by atoms with van der Waals surface area (Å²) in [5.74, 6) is 0.435. The maximum atomic E-state index is 9.47. The predicted octanol–water partition coefficient (Wildman–Crippen LogP) is 1.58. The summed E-state index contributed by atoms with van der Waals surface area (Å²) >= 11 is 0. The number of pyridine rings is 1. The Kier molecular flexibility index (Phi) is 1.34. The lowest BCUT2D eigenvalue weighted by atomic mass is 10.2. The molecule has 1 aromatic heterocycles. The van der Waals surface area contributed by atoms with Gasteiger partial charge in [-0.3, -0.25) is 4.98 Å². The van der Waals surface area contributed by atoms with E-state index in [4.69, 9.17) is 0 Å². The first-order chi connectivity index (χ1) is 5.27. The van der Waals surface area contributed by atoms with E-state index in [9.17, 15) is 5.11 Å². The van der Waals surface area contributed by atoms with Crippen LogP contribution in [-0.4, -0.2) is 10.1 Å². The van der Waals surface area contributed by atoms with Gasteiger partial charge in [-0.15, -0.1) is 0 Å². The van der Waals surface area contributed by atoms with Gasteiger partial charge in [0.25, 0.3) is 0 Å². The van der Waals surface area contributed by atoms with E-state index < -0.39 is 0 Å². The van der Waals surface area contributed by atoms with E-state index >= 15 is 0 Å². The lowest BCUT2D eigenvalue weighted by molar-refractivity contribution is 0.467. The quantitative estimate of drug-likeness (QED) is 0.607. The summed E-state index contributed by atoms with van der Waals surface area (Å²) in [6.07, 6.45) is 3.17. The molecule has 1 aliphatic rings. The molecule has 58 valence electrons. The Morgan fingerprint density at radius 1 is 1.45 bits per heavy atom. The minimum atomic E-state index is 0.435. The third-order valence-corrected chi connectivity index (χ3v) is 2.15. The maximum Gasteiger partial charge on any atom is 0.122 e. The van der Waals surface area contributed by atoms with Crippen LogP contribution in [0.3, 0.4) is 0 Å². The van der Waals surface area contributed by atoms with Crippen LogP contribution in [-0.2, 0) is 12.8 Å². The molecule has 1 heterocycles. The van der Waals surface area contributed by atoms with Gasteiger partial charge >= 0.3 is 0 Å². The zero-order valence-electron chi connectivity index (χ0n) is 6.59. The fraction of sp³-hybridized carbons (Fsp3) is 0.444. The molecule has 0 spiro atoms. The lowest BCUT2D eigenvalue weighted by Gasteiger charge is -2.02. The first-order valence-electron chi connectivity index (χ1n) is 3.96. The molecule has 0 aliphatic heterocycles. The molecule has 0 saturated carbocycles. The van der Waals surface area contributed by atoms with E-state index in [1.54, 1.807) is 6.07 Å².